The SMILES string of the molecule is CCCCC([O-])c1ccc(Br)nc1-c1nn[nH]n1.[Li+]. The fourth-order valence-corrected chi connectivity index (χ4v) is 2.00. The van der Waals surface area contributed by atoms with E-state index in [1.807, 2.05) is 0 Å². The first kappa shape index (κ1) is 16.3. The van der Waals surface area contributed by atoms with Crippen molar-refractivity contribution >= 4 is 15.9 Å². The minimum atomic E-state index is -0.806. The number of aromatic amines is 1. The van der Waals surface area contributed by atoms with Crippen LogP contribution in [0.3, 0.4) is 0 Å². The predicted molar refractivity (Wildman–Crippen MR) is 67.4 cm³/mol. The third-order valence-electron chi connectivity index (χ3n) is 2.62. The van der Waals surface area contributed by atoms with Crippen molar-refractivity contribution in [2.24, 2.45) is 0 Å². The second-order valence-electron chi connectivity index (χ2n) is 3.94. The van der Waals surface area contributed by atoms with Crippen LogP contribution in [0, 0.1) is 0 Å². The smallest absolute Gasteiger partial charge is 0.848 e. The van der Waals surface area contributed by atoms with E-state index < -0.39 is 6.10 Å². The van der Waals surface area contributed by atoms with Gasteiger partial charge < -0.3 is 5.11 Å². The molecule has 0 aromatic carbocycles. The van der Waals surface area contributed by atoms with E-state index in [1.54, 1.807) is 12.1 Å². The number of aromatic nitrogens is 5. The van der Waals surface area contributed by atoms with Crippen LogP contribution in [0.5, 0.6) is 0 Å². The van der Waals surface area contributed by atoms with Crippen LogP contribution >= 0.6 is 15.9 Å². The Bertz CT molecular complexity index is 508. The van der Waals surface area contributed by atoms with E-state index in [0.29, 0.717) is 28.1 Å². The Morgan fingerprint density at radius 3 is 2.84 bits per heavy atom. The molecule has 0 bridgehead atoms. The number of unbranched alkanes of at least 4 members (excludes halogenated alkanes) is 1. The molecule has 19 heavy (non-hydrogen) atoms. The molecule has 6 nitrogen and oxygen atoms in total. The molecule has 0 saturated carbocycles. The summed E-state index contributed by atoms with van der Waals surface area (Å²) in [6.07, 6.45) is 1.68. The third-order valence-corrected chi connectivity index (χ3v) is 3.06. The minimum absolute atomic E-state index is 0. The number of halogens is 1. The molecule has 0 spiro atoms. The zero-order chi connectivity index (χ0) is 13.0. The predicted octanol–water partition coefficient (Wildman–Crippen LogP) is -1.38. The van der Waals surface area contributed by atoms with Crippen molar-refractivity contribution < 1.29 is 24.0 Å². The van der Waals surface area contributed by atoms with Gasteiger partial charge in [0.25, 0.3) is 0 Å². The number of nitrogens with zero attached hydrogens (tertiary/aromatic N) is 4. The standard InChI is InChI=1S/C11H13BrN5O.Li/c1-2-3-4-8(18)7-5-6-9(12)13-10(7)11-14-16-17-15-11;/h5-6,8H,2-4H2,1H3,(H,14,15,16,17);/q-1;+1. The summed E-state index contributed by atoms with van der Waals surface area (Å²) in [4.78, 5) is 4.28. The summed E-state index contributed by atoms with van der Waals surface area (Å²) in [5.41, 5.74) is 1.11. The number of hydrogen-bond acceptors (Lipinski definition) is 5. The van der Waals surface area contributed by atoms with E-state index in [1.165, 1.54) is 0 Å². The Kier molecular flexibility index (Phi) is 6.65. The zero-order valence-electron chi connectivity index (χ0n) is 10.9. The molecule has 0 amide bonds. The van der Waals surface area contributed by atoms with Gasteiger partial charge in [0.1, 0.15) is 10.3 Å². The Morgan fingerprint density at radius 2 is 2.21 bits per heavy atom. The average Bonchev–Trinajstić information content (AvgIpc) is 2.89. The summed E-state index contributed by atoms with van der Waals surface area (Å²) in [5.74, 6) is 0.351. The second-order valence-corrected chi connectivity index (χ2v) is 4.75. The van der Waals surface area contributed by atoms with Gasteiger partial charge in [0.05, 0.1) is 0 Å². The van der Waals surface area contributed by atoms with Crippen molar-refractivity contribution in [2.75, 3.05) is 0 Å². The van der Waals surface area contributed by atoms with Crippen molar-refractivity contribution in [3.8, 4) is 11.5 Å². The summed E-state index contributed by atoms with van der Waals surface area (Å²) in [6.45, 7) is 2.06. The van der Waals surface area contributed by atoms with Crippen molar-refractivity contribution in [3.05, 3.63) is 22.3 Å². The Balaban J connectivity index is 0.00000180. The fraction of sp³-hybridized carbons (Fsp3) is 0.455. The Labute approximate surface area is 131 Å². The maximum Gasteiger partial charge on any atom is 1.00 e. The number of pyridine rings is 1. The summed E-state index contributed by atoms with van der Waals surface area (Å²) in [7, 11) is 0. The number of rotatable bonds is 5. The van der Waals surface area contributed by atoms with Gasteiger partial charge in [-0.3, -0.25) is 0 Å². The monoisotopic (exact) mass is 317 g/mol. The quantitative estimate of drug-likeness (QED) is 0.542. The molecule has 0 saturated heterocycles. The van der Waals surface area contributed by atoms with Crippen LogP contribution in [0.2, 0.25) is 0 Å². The van der Waals surface area contributed by atoms with Gasteiger partial charge in [0.2, 0.25) is 5.82 Å². The van der Waals surface area contributed by atoms with E-state index in [-0.39, 0.29) is 18.9 Å². The molecule has 1 N–H and O–H groups in total. The molecule has 2 aromatic heterocycles. The summed E-state index contributed by atoms with van der Waals surface area (Å²) in [5, 5.41) is 25.8. The van der Waals surface area contributed by atoms with Crippen LogP contribution in [-0.2, 0) is 0 Å². The largest absolute Gasteiger partial charge is 1.00 e. The number of hydrogen-bond donors (Lipinski definition) is 1. The first-order chi connectivity index (χ1) is 8.72. The third kappa shape index (κ3) is 4.11. The van der Waals surface area contributed by atoms with E-state index in [0.717, 1.165) is 12.8 Å². The Hall–Kier alpha value is -0.743. The Morgan fingerprint density at radius 1 is 1.42 bits per heavy atom. The number of tetrazole rings is 1. The van der Waals surface area contributed by atoms with Crippen LogP contribution in [-0.4, -0.2) is 25.6 Å². The van der Waals surface area contributed by atoms with E-state index in [4.69, 9.17) is 0 Å². The number of nitrogens with one attached hydrogen (secondary N) is 1. The van der Waals surface area contributed by atoms with Gasteiger partial charge in [-0.1, -0.05) is 38.4 Å². The molecular formula is C11H13BrLiN5O. The van der Waals surface area contributed by atoms with Crippen LogP contribution in [0.25, 0.3) is 11.5 Å². The topological polar surface area (TPSA) is 90.4 Å². The zero-order valence-corrected chi connectivity index (χ0v) is 12.5. The second kappa shape index (κ2) is 7.75. The maximum absolute atomic E-state index is 12.2. The molecule has 1 atom stereocenters. The molecule has 2 heterocycles. The van der Waals surface area contributed by atoms with Gasteiger partial charge in [-0.05, 0) is 32.8 Å². The van der Waals surface area contributed by atoms with Crippen molar-refractivity contribution in [1.29, 1.82) is 0 Å². The fourth-order valence-electron chi connectivity index (χ4n) is 1.69. The van der Waals surface area contributed by atoms with E-state index in [9.17, 15) is 5.11 Å². The van der Waals surface area contributed by atoms with Gasteiger partial charge in [-0.2, -0.15) is 5.21 Å². The van der Waals surface area contributed by atoms with Gasteiger partial charge >= 0.3 is 18.9 Å². The molecule has 1 unspecified atom stereocenters. The van der Waals surface area contributed by atoms with Gasteiger partial charge in [0, 0.05) is 0 Å². The molecule has 0 fully saturated rings. The molecule has 0 aliphatic heterocycles. The first-order valence-corrected chi connectivity index (χ1v) is 6.57. The van der Waals surface area contributed by atoms with E-state index in [2.05, 4.69) is 48.5 Å². The molecule has 2 rings (SSSR count). The van der Waals surface area contributed by atoms with Gasteiger partial charge in [0.15, 0.2) is 0 Å². The van der Waals surface area contributed by atoms with Crippen molar-refractivity contribution in [1.82, 2.24) is 25.6 Å². The van der Waals surface area contributed by atoms with Crippen molar-refractivity contribution in [2.45, 2.75) is 32.3 Å². The van der Waals surface area contributed by atoms with Crippen molar-refractivity contribution in [3.63, 3.8) is 0 Å². The van der Waals surface area contributed by atoms with Crippen LogP contribution in [0.15, 0.2) is 16.7 Å². The summed E-state index contributed by atoms with van der Waals surface area (Å²) in [6, 6.07) is 3.53. The first-order valence-electron chi connectivity index (χ1n) is 5.78. The summed E-state index contributed by atoms with van der Waals surface area (Å²) < 4.78 is 0.647. The summed E-state index contributed by atoms with van der Waals surface area (Å²) >= 11 is 3.28. The van der Waals surface area contributed by atoms with Crippen LogP contribution in [0.4, 0.5) is 0 Å². The number of H-pyrrole nitrogens is 1. The minimum Gasteiger partial charge on any atom is -0.848 e. The van der Waals surface area contributed by atoms with E-state index >= 15 is 0 Å². The normalized spacial score (nSPS) is 11.9. The molecule has 0 radical (unpaired) electrons. The molecule has 0 aliphatic carbocycles. The molecule has 96 valence electrons. The molecule has 8 heteroatoms. The maximum atomic E-state index is 12.2. The van der Waals surface area contributed by atoms with Gasteiger partial charge in [-0.15, -0.1) is 10.2 Å². The molecular weight excluding hydrogens is 305 g/mol. The van der Waals surface area contributed by atoms with Crippen LogP contribution < -0.4 is 24.0 Å². The van der Waals surface area contributed by atoms with Gasteiger partial charge in [-0.25, -0.2) is 4.98 Å². The van der Waals surface area contributed by atoms with Crippen LogP contribution in [0.1, 0.15) is 37.9 Å². The molecule has 2 aromatic rings. The molecule has 0 aliphatic rings. The average molecular weight is 318 g/mol.